The highest BCUT2D eigenvalue weighted by Gasteiger charge is 2.23. The number of morpholine rings is 1. The number of aromatic amines is 1. The lowest BCUT2D eigenvalue weighted by atomic mass is 10.0. The number of rotatable bonds is 4. The number of nitrogens with one attached hydrogen (secondary N) is 1. The van der Waals surface area contributed by atoms with Crippen LogP contribution in [-0.4, -0.2) is 31.2 Å². The standard InChI is InChI=1S/C23H20N4O3/c1-16-2-3-18-13-19(23(25-22(18)12-16)26-8-10-30-11-9-26)14-20(15-24)17-4-6-21(7-5-17)27(28)29/h2-7,12-14H,8-11H2,1H3/p+1/b20-14-. The second kappa shape index (κ2) is 8.31. The van der Waals surface area contributed by atoms with Gasteiger partial charge in [0.15, 0.2) is 0 Å². The third-order valence-electron chi connectivity index (χ3n) is 5.18. The molecule has 1 aliphatic rings. The van der Waals surface area contributed by atoms with Gasteiger partial charge in [-0.3, -0.25) is 15.0 Å². The van der Waals surface area contributed by atoms with Crippen molar-refractivity contribution in [3.8, 4) is 6.07 Å². The number of nitro groups is 1. The molecular formula is C23H21N4O3+. The van der Waals surface area contributed by atoms with Crippen LogP contribution in [0.25, 0.3) is 22.6 Å². The second-order valence-electron chi connectivity index (χ2n) is 7.24. The SMILES string of the molecule is Cc1ccc2cc(/C=C(/C#N)c3ccc([N+](=O)[O-])cc3)c(N3CCOCC3)[nH+]c2c1. The molecule has 0 bridgehead atoms. The number of non-ortho nitro benzene ring substituents is 1. The monoisotopic (exact) mass is 401 g/mol. The maximum atomic E-state index is 10.9. The molecule has 30 heavy (non-hydrogen) atoms. The molecule has 1 fully saturated rings. The number of hydrogen-bond acceptors (Lipinski definition) is 5. The van der Waals surface area contributed by atoms with Crippen molar-refractivity contribution in [3.05, 3.63) is 75.3 Å². The van der Waals surface area contributed by atoms with Gasteiger partial charge in [-0.1, -0.05) is 12.1 Å². The van der Waals surface area contributed by atoms with E-state index in [1.807, 2.05) is 6.08 Å². The number of H-pyrrole nitrogens is 1. The molecule has 0 atom stereocenters. The first-order chi connectivity index (χ1) is 14.5. The van der Waals surface area contributed by atoms with E-state index in [2.05, 4.69) is 47.1 Å². The molecule has 1 N–H and O–H groups in total. The summed E-state index contributed by atoms with van der Waals surface area (Å²) in [4.78, 5) is 16.2. The third-order valence-corrected chi connectivity index (χ3v) is 5.18. The van der Waals surface area contributed by atoms with Gasteiger partial charge < -0.3 is 4.74 Å². The van der Waals surface area contributed by atoms with Crippen LogP contribution in [-0.2, 0) is 4.74 Å². The molecule has 1 aliphatic heterocycles. The van der Waals surface area contributed by atoms with E-state index in [4.69, 9.17) is 4.74 Å². The Hall–Kier alpha value is -3.76. The Kier molecular flexibility index (Phi) is 5.42. The number of fused-ring (bicyclic) bond motifs is 1. The smallest absolute Gasteiger partial charge is 0.282 e. The van der Waals surface area contributed by atoms with Crippen LogP contribution in [0.2, 0.25) is 0 Å². The number of allylic oxidation sites excluding steroid dienone is 1. The van der Waals surface area contributed by atoms with Gasteiger partial charge in [-0.25, -0.2) is 4.98 Å². The van der Waals surface area contributed by atoms with E-state index in [0.717, 1.165) is 35.4 Å². The summed E-state index contributed by atoms with van der Waals surface area (Å²) >= 11 is 0. The molecule has 0 saturated carbocycles. The first-order valence-corrected chi connectivity index (χ1v) is 9.71. The average Bonchev–Trinajstić information content (AvgIpc) is 2.77. The fourth-order valence-electron chi connectivity index (χ4n) is 3.60. The van der Waals surface area contributed by atoms with Gasteiger partial charge in [0.25, 0.3) is 11.5 Å². The maximum Gasteiger partial charge on any atom is 0.282 e. The number of nitrogens with zero attached hydrogens (tertiary/aromatic N) is 3. The van der Waals surface area contributed by atoms with Crippen molar-refractivity contribution in [3.63, 3.8) is 0 Å². The molecule has 3 aromatic rings. The molecule has 2 aromatic carbocycles. The Labute approximate surface area is 174 Å². The van der Waals surface area contributed by atoms with Crippen molar-refractivity contribution in [1.29, 1.82) is 5.26 Å². The van der Waals surface area contributed by atoms with Crippen LogP contribution in [0.1, 0.15) is 16.7 Å². The Morgan fingerprint density at radius 3 is 2.60 bits per heavy atom. The van der Waals surface area contributed by atoms with Crippen LogP contribution >= 0.6 is 0 Å². The number of pyridine rings is 1. The van der Waals surface area contributed by atoms with Crippen molar-refractivity contribution in [2.75, 3.05) is 31.2 Å². The number of anilines is 1. The highest BCUT2D eigenvalue weighted by Crippen LogP contribution is 2.27. The third kappa shape index (κ3) is 4.00. The second-order valence-corrected chi connectivity index (χ2v) is 7.24. The lowest BCUT2D eigenvalue weighted by molar-refractivity contribution is -0.384. The lowest BCUT2D eigenvalue weighted by Crippen LogP contribution is -2.40. The van der Waals surface area contributed by atoms with Crippen LogP contribution in [0.15, 0.2) is 48.5 Å². The maximum absolute atomic E-state index is 10.9. The molecule has 1 saturated heterocycles. The lowest BCUT2D eigenvalue weighted by Gasteiger charge is -2.23. The number of nitriles is 1. The molecule has 0 aliphatic carbocycles. The highest BCUT2D eigenvalue weighted by molar-refractivity contribution is 5.93. The van der Waals surface area contributed by atoms with Gasteiger partial charge in [0.1, 0.15) is 18.6 Å². The number of aromatic nitrogens is 1. The minimum Gasteiger partial charge on any atom is -0.373 e. The predicted molar refractivity (Wildman–Crippen MR) is 115 cm³/mol. The van der Waals surface area contributed by atoms with Crippen molar-refractivity contribution >= 4 is 34.1 Å². The van der Waals surface area contributed by atoms with E-state index < -0.39 is 4.92 Å². The number of aryl methyl sites for hydroxylation is 1. The topological polar surface area (TPSA) is 93.5 Å². The first kappa shape index (κ1) is 19.6. The molecule has 0 radical (unpaired) electrons. The van der Waals surface area contributed by atoms with Gasteiger partial charge in [-0.2, -0.15) is 5.26 Å². The molecule has 1 aromatic heterocycles. The normalized spacial score (nSPS) is 14.5. The summed E-state index contributed by atoms with van der Waals surface area (Å²) in [7, 11) is 0. The van der Waals surface area contributed by atoms with E-state index in [0.29, 0.717) is 24.4 Å². The van der Waals surface area contributed by atoms with Gasteiger partial charge >= 0.3 is 0 Å². The Morgan fingerprint density at radius 1 is 1.20 bits per heavy atom. The number of hydrogen-bond donors (Lipinski definition) is 0. The molecule has 4 rings (SSSR count). The van der Waals surface area contributed by atoms with E-state index in [-0.39, 0.29) is 5.69 Å². The van der Waals surface area contributed by atoms with Crippen molar-refractivity contribution in [2.24, 2.45) is 0 Å². The molecule has 150 valence electrons. The molecule has 0 unspecified atom stereocenters. The van der Waals surface area contributed by atoms with Crippen molar-refractivity contribution in [2.45, 2.75) is 6.92 Å². The molecule has 7 heteroatoms. The van der Waals surface area contributed by atoms with Crippen LogP contribution in [0.4, 0.5) is 11.5 Å². The van der Waals surface area contributed by atoms with Gasteiger partial charge in [0, 0.05) is 17.5 Å². The van der Waals surface area contributed by atoms with Crippen LogP contribution in [0.3, 0.4) is 0 Å². The molecule has 2 heterocycles. The zero-order valence-corrected chi connectivity index (χ0v) is 16.6. The summed E-state index contributed by atoms with van der Waals surface area (Å²) in [5, 5.41) is 21.7. The predicted octanol–water partition coefficient (Wildman–Crippen LogP) is 3.77. The summed E-state index contributed by atoms with van der Waals surface area (Å²) in [5.74, 6) is 0.936. The van der Waals surface area contributed by atoms with Crippen molar-refractivity contribution < 1.29 is 14.6 Å². The zero-order chi connectivity index (χ0) is 21.1. The quantitative estimate of drug-likeness (QED) is 0.377. The molecule has 0 amide bonds. The largest absolute Gasteiger partial charge is 0.373 e. The number of benzene rings is 2. The Morgan fingerprint density at radius 2 is 1.93 bits per heavy atom. The first-order valence-electron chi connectivity index (χ1n) is 9.71. The van der Waals surface area contributed by atoms with Gasteiger partial charge in [-0.05, 0) is 48.4 Å². The number of ether oxygens (including phenoxy) is 1. The number of nitro benzene ring substituents is 1. The molecule has 7 nitrogen and oxygen atoms in total. The zero-order valence-electron chi connectivity index (χ0n) is 16.6. The van der Waals surface area contributed by atoms with Gasteiger partial charge in [0.05, 0.1) is 35.3 Å². The molecular weight excluding hydrogens is 380 g/mol. The van der Waals surface area contributed by atoms with E-state index in [1.54, 1.807) is 12.1 Å². The van der Waals surface area contributed by atoms with E-state index in [9.17, 15) is 15.4 Å². The minimum atomic E-state index is -0.448. The van der Waals surface area contributed by atoms with Gasteiger partial charge in [-0.15, -0.1) is 0 Å². The van der Waals surface area contributed by atoms with E-state index in [1.165, 1.54) is 17.7 Å². The van der Waals surface area contributed by atoms with Crippen LogP contribution in [0.5, 0.6) is 0 Å². The summed E-state index contributed by atoms with van der Waals surface area (Å²) in [6.07, 6.45) is 1.84. The summed E-state index contributed by atoms with van der Waals surface area (Å²) in [5.41, 5.74) is 4.17. The van der Waals surface area contributed by atoms with Gasteiger partial charge in [0.2, 0.25) is 0 Å². The van der Waals surface area contributed by atoms with Crippen LogP contribution in [0, 0.1) is 28.4 Å². The van der Waals surface area contributed by atoms with Crippen LogP contribution < -0.4 is 9.88 Å². The summed E-state index contributed by atoms with van der Waals surface area (Å²) in [6.45, 7) is 4.87. The van der Waals surface area contributed by atoms with Crippen molar-refractivity contribution in [1.82, 2.24) is 0 Å². The minimum absolute atomic E-state index is 0.000506. The fraction of sp³-hybridized carbons (Fsp3) is 0.217. The Bertz CT molecular complexity index is 1170. The van der Waals surface area contributed by atoms with E-state index >= 15 is 0 Å². The summed E-state index contributed by atoms with van der Waals surface area (Å²) in [6, 6.07) is 16.6. The summed E-state index contributed by atoms with van der Waals surface area (Å²) < 4.78 is 5.49. The highest BCUT2D eigenvalue weighted by atomic mass is 16.6. The fourth-order valence-corrected chi connectivity index (χ4v) is 3.60. The molecule has 0 spiro atoms. The average molecular weight is 401 g/mol. The Balaban J connectivity index is 1.83.